The zero-order chi connectivity index (χ0) is 35.1. The molecule has 0 amide bonds. The molecule has 7 aromatic carbocycles. The summed E-state index contributed by atoms with van der Waals surface area (Å²) in [6, 6.07) is 62.7. The van der Waals surface area contributed by atoms with Crippen LogP contribution in [0.4, 0.5) is 5.69 Å². The van der Waals surface area contributed by atoms with Crippen molar-refractivity contribution in [2.24, 2.45) is 0 Å². The lowest BCUT2D eigenvalue weighted by molar-refractivity contribution is 0.260. The van der Waals surface area contributed by atoms with Gasteiger partial charge < -0.3 is 10.1 Å². The molecule has 53 heavy (non-hydrogen) atoms. The molecule has 10 rings (SSSR count). The van der Waals surface area contributed by atoms with Crippen LogP contribution in [0.2, 0.25) is 0 Å². The number of nitrogens with one attached hydrogen (secondary N) is 1. The monoisotopic (exact) mass is 680 g/mol. The van der Waals surface area contributed by atoms with Crippen molar-refractivity contribution in [3.05, 3.63) is 188 Å². The van der Waals surface area contributed by atoms with Gasteiger partial charge in [-0.25, -0.2) is 15.0 Å². The van der Waals surface area contributed by atoms with Crippen molar-refractivity contribution in [3.8, 4) is 62.0 Å². The zero-order valence-electron chi connectivity index (χ0n) is 28.6. The molecule has 5 nitrogen and oxygen atoms in total. The highest BCUT2D eigenvalue weighted by Gasteiger charge is 2.27. The van der Waals surface area contributed by atoms with Crippen LogP contribution in [-0.4, -0.2) is 15.0 Å². The molecular weight excluding hydrogens is 649 g/mol. The third-order valence-corrected chi connectivity index (χ3v) is 9.93. The standard InChI is InChI=1S/C48H32N4O/c1-4-13-32(14-5-1)41-30-42(51-47(50-41)34-15-6-2-7-16-34)33-25-23-31(24-26-33)36-19-12-20-37(29-36)45-39-27-28-43-46(44(39)38-21-10-11-22-40(38)49-45)52-48(53-43)35-17-8-3-9-18-35/h1-30,48,52H. The van der Waals surface area contributed by atoms with E-state index >= 15 is 0 Å². The molecule has 2 aromatic heterocycles. The molecule has 0 spiro atoms. The van der Waals surface area contributed by atoms with Crippen molar-refractivity contribution in [1.29, 1.82) is 0 Å². The van der Waals surface area contributed by atoms with Crippen molar-refractivity contribution in [1.82, 2.24) is 15.0 Å². The molecule has 0 saturated carbocycles. The lowest BCUT2D eigenvalue weighted by atomic mass is 9.95. The van der Waals surface area contributed by atoms with Gasteiger partial charge in [0.15, 0.2) is 12.1 Å². The largest absolute Gasteiger partial charge is 0.464 e. The topological polar surface area (TPSA) is 59.9 Å². The predicted molar refractivity (Wildman–Crippen MR) is 215 cm³/mol. The summed E-state index contributed by atoms with van der Waals surface area (Å²) in [5, 5.41) is 6.97. The summed E-state index contributed by atoms with van der Waals surface area (Å²) in [5.74, 6) is 1.55. The highest BCUT2D eigenvalue weighted by Crippen LogP contribution is 2.47. The molecule has 1 aliphatic rings. The smallest absolute Gasteiger partial charge is 0.196 e. The van der Waals surface area contributed by atoms with Gasteiger partial charge in [0.1, 0.15) is 5.75 Å². The molecule has 1 atom stereocenters. The Morgan fingerprint density at radius 1 is 0.434 bits per heavy atom. The van der Waals surface area contributed by atoms with Crippen LogP contribution in [0.15, 0.2) is 182 Å². The molecule has 0 radical (unpaired) electrons. The summed E-state index contributed by atoms with van der Waals surface area (Å²) in [6.07, 6.45) is -0.254. The van der Waals surface area contributed by atoms with Crippen LogP contribution in [0.5, 0.6) is 5.75 Å². The number of para-hydroxylation sites is 1. The number of ether oxygens (including phenoxy) is 1. The molecular formula is C48H32N4O. The van der Waals surface area contributed by atoms with Crippen LogP contribution in [-0.2, 0) is 0 Å². The fourth-order valence-electron chi connectivity index (χ4n) is 7.30. The number of rotatable bonds is 6. The number of fused-ring (bicyclic) bond motifs is 5. The van der Waals surface area contributed by atoms with Gasteiger partial charge in [0.05, 0.1) is 28.3 Å². The molecule has 5 heteroatoms. The van der Waals surface area contributed by atoms with Gasteiger partial charge in [0.25, 0.3) is 0 Å². The van der Waals surface area contributed by atoms with Crippen molar-refractivity contribution < 1.29 is 4.74 Å². The average molecular weight is 681 g/mol. The number of pyridine rings is 1. The van der Waals surface area contributed by atoms with Crippen molar-refractivity contribution in [2.45, 2.75) is 6.23 Å². The Hall–Kier alpha value is -7.11. The minimum absolute atomic E-state index is 0.254. The quantitative estimate of drug-likeness (QED) is 0.177. The van der Waals surface area contributed by atoms with Crippen LogP contribution in [0.3, 0.4) is 0 Å². The Bertz CT molecular complexity index is 2710. The first-order chi connectivity index (χ1) is 26.2. The van der Waals surface area contributed by atoms with Gasteiger partial charge in [-0.15, -0.1) is 0 Å². The summed E-state index contributed by atoms with van der Waals surface area (Å²) in [6.45, 7) is 0. The molecule has 0 saturated heterocycles. The highest BCUT2D eigenvalue weighted by atomic mass is 16.5. The first kappa shape index (κ1) is 30.7. The summed E-state index contributed by atoms with van der Waals surface area (Å²) in [7, 11) is 0. The normalized spacial score (nSPS) is 13.4. The number of hydrogen-bond acceptors (Lipinski definition) is 5. The SMILES string of the molecule is c1ccc(-c2cc(-c3ccc(-c4cccc(-c5nc6ccccc6c6c7c(ccc56)OC(c5ccccc5)N7)c4)cc3)nc(-c3ccccc3)n2)cc1. The van der Waals surface area contributed by atoms with Crippen LogP contribution < -0.4 is 10.1 Å². The Kier molecular flexibility index (Phi) is 7.47. The van der Waals surface area contributed by atoms with E-state index in [0.717, 1.165) is 89.1 Å². The maximum Gasteiger partial charge on any atom is 0.196 e. The Labute approximate surface area is 307 Å². The maximum absolute atomic E-state index is 6.43. The molecule has 1 unspecified atom stereocenters. The molecule has 0 bridgehead atoms. The van der Waals surface area contributed by atoms with Gasteiger partial charge >= 0.3 is 0 Å². The van der Waals surface area contributed by atoms with Gasteiger partial charge in [0.2, 0.25) is 0 Å². The molecule has 0 aliphatic carbocycles. The average Bonchev–Trinajstić information content (AvgIpc) is 3.69. The van der Waals surface area contributed by atoms with E-state index < -0.39 is 0 Å². The minimum Gasteiger partial charge on any atom is -0.464 e. The fraction of sp³-hybridized carbons (Fsp3) is 0.0208. The second kappa shape index (κ2) is 12.9. The third kappa shape index (κ3) is 5.65. The van der Waals surface area contributed by atoms with E-state index in [1.807, 2.05) is 60.7 Å². The van der Waals surface area contributed by atoms with Crippen LogP contribution in [0.25, 0.3) is 78.0 Å². The van der Waals surface area contributed by atoms with Crippen LogP contribution >= 0.6 is 0 Å². The van der Waals surface area contributed by atoms with E-state index in [1.165, 1.54) is 0 Å². The van der Waals surface area contributed by atoms with Crippen molar-refractivity contribution >= 4 is 27.4 Å². The van der Waals surface area contributed by atoms with Gasteiger partial charge in [-0.3, -0.25) is 0 Å². The van der Waals surface area contributed by atoms with Gasteiger partial charge in [0, 0.05) is 44.0 Å². The molecule has 1 N–H and O–H groups in total. The molecule has 250 valence electrons. The molecule has 3 heterocycles. The number of benzene rings is 7. The van der Waals surface area contributed by atoms with E-state index in [0.29, 0.717) is 5.82 Å². The van der Waals surface area contributed by atoms with Gasteiger partial charge in [-0.1, -0.05) is 152 Å². The maximum atomic E-state index is 6.43. The lowest BCUT2D eigenvalue weighted by Gasteiger charge is -2.14. The van der Waals surface area contributed by atoms with E-state index in [-0.39, 0.29) is 6.23 Å². The van der Waals surface area contributed by atoms with Gasteiger partial charge in [-0.2, -0.15) is 0 Å². The number of nitrogens with zero attached hydrogens (tertiary/aromatic N) is 3. The van der Waals surface area contributed by atoms with E-state index in [1.54, 1.807) is 0 Å². The Morgan fingerprint density at radius 3 is 1.79 bits per heavy atom. The zero-order valence-corrected chi connectivity index (χ0v) is 28.6. The van der Waals surface area contributed by atoms with E-state index in [4.69, 9.17) is 19.7 Å². The third-order valence-electron chi connectivity index (χ3n) is 9.93. The Morgan fingerprint density at radius 2 is 1.04 bits per heavy atom. The van der Waals surface area contributed by atoms with E-state index in [2.05, 4.69) is 127 Å². The first-order valence-electron chi connectivity index (χ1n) is 17.8. The Balaban J connectivity index is 1.03. The molecule has 0 fully saturated rings. The summed E-state index contributed by atoms with van der Waals surface area (Å²) >= 11 is 0. The van der Waals surface area contributed by atoms with Gasteiger partial charge in [-0.05, 0) is 41.5 Å². The second-order valence-electron chi connectivity index (χ2n) is 13.2. The summed E-state index contributed by atoms with van der Waals surface area (Å²) in [4.78, 5) is 15.2. The lowest BCUT2D eigenvalue weighted by Crippen LogP contribution is -2.09. The second-order valence-corrected chi connectivity index (χ2v) is 13.2. The summed E-state index contributed by atoms with van der Waals surface area (Å²) < 4.78 is 6.43. The number of hydrogen-bond donors (Lipinski definition) is 1. The van der Waals surface area contributed by atoms with E-state index in [9.17, 15) is 0 Å². The predicted octanol–water partition coefficient (Wildman–Crippen LogP) is 12.0. The van der Waals surface area contributed by atoms with Crippen molar-refractivity contribution in [2.75, 3.05) is 5.32 Å². The first-order valence-corrected chi connectivity index (χ1v) is 17.8. The summed E-state index contributed by atoms with van der Waals surface area (Å²) in [5.41, 5.74) is 12.1. The number of aromatic nitrogens is 3. The molecule has 1 aliphatic heterocycles. The molecule has 9 aromatic rings. The number of anilines is 1. The van der Waals surface area contributed by atoms with Crippen LogP contribution in [0.1, 0.15) is 11.8 Å². The fourth-order valence-corrected chi connectivity index (χ4v) is 7.30. The minimum atomic E-state index is -0.254. The van der Waals surface area contributed by atoms with Crippen molar-refractivity contribution in [3.63, 3.8) is 0 Å². The highest BCUT2D eigenvalue weighted by molar-refractivity contribution is 6.18. The van der Waals surface area contributed by atoms with Crippen LogP contribution in [0, 0.1) is 0 Å².